The molecular formula is C9H13F. The Labute approximate surface area is 61.8 Å². The minimum atomic E-state index is -0.225. The van der Waals surface area contributed by atoms with Gasteiger partial charge in [-0.3, -0.25) is 0 Å². The number of hydrogen-bond donors (Lipinski definition) is 0. The monoisotopic (exact) mass is 140 g/mol. The lowest BCUT2D eigenvalue weighted by atomic mass is 10.1. The van der Waals surface area contributed by atoms with Crippen molar-refractivity contribution < 1.29 is 4.39 Å². The van der Waals surface area contributed by atoms with Gasteiger partial charge < -0.3 is 0 Å². The molecule has 0 aromatic carbocycles. The van der Waals surface area contributed by atoms with Gasteiger partial charge in [0.15, 0.2) is 0 Å². The summed E-state index contributed by atoms with van der Waals surface area (Å²) in [7, 11) is 0. The Morgan fingerprint density at radius 1 is 1.60 bits per heavy atom. The van der Waals surface area contributed by atoms with E-state index < -0.39 is 0 Å². The highest BCUT2D eigenvalue weighted by molar-refractivity contribution is 5.31. The molecule has 1 heteroatoms. The zero-order valence-corrected chi connectivity index (χ0v) is 6.58. The lowest BCUT2D eigenvalue weighted by molar-refractivity contribution is 0.635. The Morgan fingerprint density at radius 3 is 2.40 bits per heavy atom. The van der Waals surface area contributed by atoms with Crippen LogP contribution < -0.4 is 0 Å². The summed E-state index contributed by atoms with van der Waals surface area (Å²) >= 11 is 0. The van der Waals surface area contributed by atoms with Crippen molar-refractivity contribution >= 4 is 0 Å². The molecule has 0 aromatic rings. The predicted octanol–water partition coefficient (Wildman–Crippen LogP) is 3.38. The van der Waals surface area contributed by atoms with Crippen LogP contribution in [0, 0.1) is 0 Å². The van der Waals surface area contributed by atoms with E-state index >= 15 is 0 Å². The van der Waals surface area contributed by atoms with Crippen LogP contribution >= 0.6 is 0 Å². The van der Waals surface area contributed by atoms with Gasteiger partial charge >= 0.3 is 0 Å². The molecule has 0 saturated heterocycles. The fraction of sp³-hybridized carbons (Fsp3) is 0.333. The smallest absolute Gasteiger partial charge is 0.128 e. The normalized spacial score (nSPS) is 12.3. The minimum absolute atomic E-state index is 0.225. The highest BCUT2D eigenvalue weighted by Crippen LogP contribution is 2.17. The van der Waals surface area contributed by atoms with Gasteiger partial charge in [0.1, 0.15) is 5.83 Å². The molecule has 0 spiro atoms. The molecule has 0 aromatic heterocycles. The Morgan fingerprint density at radius 2 is 2.10 bits per heavy atom. The van der Waals surface area contributed by atoms with Crippen molar-refractivity contribution in [2.24, 2.45) is 0 Å². The molecule has 0 aliphatic rings. The van der Waals surface area contributed by atoms with Gasteiger partial charge in [0.2, 0.25) is 0 Å². The Kier molecular flexibility index (Phi) is 3.70. The molecule has 0 amide bonds. The van der Waals surface area contributed by atoms with Crippen molar-refractivity contribution in [2.75, 3.05) is 0 Å². The first kappa shape index (κ1) is 9.15. The van der Waals surface area contributed by atoms with Gasteiger partial charge in [0, 0.05) is 0 Å². The first-order chi connectivity index (χ1) is 4.63. The maximum atomic E-state index is 12.9. The maximum absolute atomic E-state index is 12.9. The molecule has 56 valence electrons. The van der Waals surface area contributed by atoms with Gasteiger partial charge in [0.05, 0.1) is 0 Å². The number of halogens is 1. The van der Waals surface area contributed by atoms with Crippen LogP contribution in [0.2, 0.25) is 0 Å². The SMILES string of the molecule is C=C/C(C)=C(/F)C(=C)CC. The van der Waals surface area contributed by atoms with E-state index in [1.807, 2.05) is 6.92 Å². The third-order valence-electron chi connectivity index (χ3n) is 1.39. The van der Waals surface area contributed by atoms with Gasteiger partial charge in [-0.2, -0.15) is 0 Å². The van der Waals surface area contributed by atoms with Crippen molar-refractivity contribution in [1.82, 2.24) is 0 Å². The van der Waals surface area contributed by atoms with Crippen molar-refractivity contribution in [3.8, 4) is 0 Å². The van der Waals surface area contributed by atoms with Gasteiger partial charge in [-0.05, 0) is 24.5 Å². The van der Waals surface area contributed by atoms with Crippen molar-refractivity contribution in [2.45, 2.75) is 20.3 Å². The molecule has 0 N–H and O–H groups in total. The van der Waals surface area contributed by atoms with Crippen molar-refractivity contribution in [1.29, 1.82) is 0 Å². The summed E-state index contributed by atoms with van der Waals surface area (Å²) in [4.78, 5) is 0. The molecule has 0 aliphatic heterocycles. The quantitative estimate of drug-likeness (QED) is 0.527. The summed E-state index contributed by atoms with van der Waals surface area (Å²) in [6.07, 6.45) is 2.15. The van der Waals surface area contributed by atoms with E-state index in [2.05, 4.69) is 13.2 Å². The van der Waals surface area contributed by atoms with Crippen LogP contribution in [-0.4, -0.2) is 0 Å². The van der Waals surface area contributed by atoms with Crippen molar-refractivity contribution in [3.63, 3.8) is 0 Å². The zero-order chi connectivity index (χ0) is 8.15. The van der Waals surface area contributed by atoms with Crippen LogP contribution in [0.1, 0.15) is 20.3 Å². The molecule has 10 heavy (non-hydrogen) atoms. The second-order valence-corrected chi connectivity index (χ2v) is 2.16. The average Bonchev–Trinajstić information content (AvgIpc) is 2.00. The second kappa shape index (κ2) is 4.04. The molecular weight excluding hydrogens is 127 g/mol. The number of rotatable bonds is 3. The summed E-state index contributed by atoms with van der Waals surface area (Å²) in [6, 6.07) is 0. The van der Waals surface area contributed by atoms with Crippen LogP contribution in [0.4, 0.5) is 4.39 Å². The summed E-state index contributed by atoms with van der Waals surface area (Å²) in [5.41, 5.74) is 1.10. The zero-order valence-electron chi connectivity index (χ0n) is 6.58. The Balaban J connectivity index is 4.45. The molecule has 0 radical (unpaired) electrons. The molecule has 0 rings (SSSR count). The molecule has 0 bridgehead atoms. The summed E-state index contributed by atoms with van der Waals surface area (Å²) < 4.78 is 12.9. The molecule has 0 fully saturated rings. The van der Waals surface area contributed by atoms with Crippen LogP contribution in [-0.2, 0) is 0 Å². The van der Waals surface area contributed by atoms with Crippen LogP contribution in [0.3, 0.4) is 0 Å². The van der Waals surface area contributed by atoms with E-state index in [1.54, 1.807) is 6.92 Å². The highest BCUT2D eigenvalue weighted by Gasteiger charge is 2.00. The fourth-order valence-electron chi connectivity index (χ4n) is 0.524. The molecule has 0 aliphatic carbocycles. The van der Waals surface area contributed by atoms with Crippen molar-refractivity contribution in [3.05, 3.63) is 36.2 Å². The highest BCUT2D eigenvalue weighted by atomic mass is 19.1. The summed E-state index contributed by atoms with van der Waals surface area (Å²) in [6.45, 7) is 10.6. The van der Waals surface area contributed by atoms with Gasteiger partial charge in [-0.1, -0.05) is 26.2 Å². The van der Waals surface area contributed by atoms with E-state index in [0.29, 0.717) is 17.6 Å². The Bertz CT molecular complexity index is 175. The van der Waals surface area contributed by atoms with Crippen LogP contribution in [0.5, 0.6) is 0 Å². The van der Waals surface area contributed by atoms with Gasteiger partial charge in [-0.25, -0.2) is 4.39 Å². The average molecular weight is 140 g/mol. The molecule has 0 nitrogen and oxygen atoms in total. The first-order valence-electron chi connectivity index (χ1n) is 3.30. The van der Waals surface area contributed by atoms with E-state index in [4.69, 9.17) is 0 Å². The first-order valence-corrected chi connectivity index (χ1v) is 3.30. The molecule has 0 saturated carbocycles. The van der Waals surface area contributed by atoms with Crippen LogP contribution in [0.15, 0.2) is 36.2 Å². The lowest BCUT2D eigenvalue weighted by Crippen LogP contribution is -1.82. The maximum Gasteiger partial charge on any atom is 0.128 e. The third kappa shape index (κ3) is 2.18. The van der Waals surface area contributed by atoms with E-state index in [1.165, 1.54) is 6.08 Å². The van der Waals surface area contributed by atoms with E-state index in [-0.39, 0.29) is 5.83 Å². The predicted molar refractivity (Wildman–Crippen MR) is 43.4 cm³/mol. The molecule has 0 unspecified atom stereocenters. The van der Waals surface area contributed by atoms with Gasteiger partial charge in [-0.15, -0.1) is 0 Å². The Hall–Kier alpha value is -0.850. The minimum Gasteiger partial charge on any atom is -0.206 e. The topological polar surface area (TPSA) is 0 Å². The second-order valence-electron chi connectivity index (χ2n) is 2.16. The van der Waals surface area contributed by atoms with E-state index in [0.717, 1.165) is 0 Å². The summed E-state index contributed by atoms with van der Waals surface area (Å²) in [5.74, 6) is -0.225. The van der Waals surface area contributed by atoms with Crippen LogP contribution in [0.25, 0.3) is 0 Å². The standard InChI is InChI=1S/C9H13F/c1-5-7(3)9(10)8(4)6-2/h5H,1,4,6H2,2-3H3/b9-7+. The lowest BCUT2D eigenvalue weighted by Gasteiger charge is -1.99. The largest absolute Gasteiger partial charge is 0.206 e. The number of hydrogen-bond acceptors (Lipinski definition) is 0. The third-order valence-corrected chi connectivity index (χ3v) is 1.39. The number of allylic oxidation sites excluding steroid dienone is 4. The molecule has 0 atom stereocenters. The van der Waals surface area contributed by atoms with Gasteiger partial charge in [0.25, 0.3) is 0 Å². The summed E-state index contributed by atoms with van der Waals surface area (Å²) in [5, 5.41) is 0. The van der Waals surface area contributed by atoms with E-state index in [9.17, 15) is 4.39 Å². The fourth-order valence-corrected chi connectivity index (χ4v) is 0.524. The molecule has 0 heterocycles.